The van der Waals surface area contributed by atoms with E-state index in [1.807, 2.05) is 0 Å². The molecule has 0 spiro atoms. The lowest BCUT2D eigenvalue weighted by molar-refractivity contribution is -0.0628. The molecule has 0 aromatic carbocycles. The second-order valence-corrected chi connectivity index (χ2v) is 2.70. The molecule has 4 nitrogen and oxygen atoms in total. The zero-order chi connectivity index (χ0) is 8.43. The van der Waals surface area contributed by atoms with Crippen molar-refractivity contribution in [2.24, 2.45) is 0 Å². The van der Waals surface area contributed by atoms with Gasteiger partial charge in [-0.2, -0.15) is 0 Å². The molecule has 11 heavy (non-hydrogen) atoms. The van der Waals surface area contributed by atoms with Crippen LogP contribution in [0, 0.1) is 0 Å². The summed E-state index contributed by atoms with van der Waals surface area (Å²) in [5.41, 5.74) is 0. The molecule has 0 aromatic rings. The van der Waals surface area contributed by atoms with Crippen molar-refractivity contribution in [1.29, 1.82) is 0 Å². The highest BCUT2D eigenvalue weighted by Crippen LogP contribution is 2.13. The summed E-state index contributed by atoms with van der Waals surface area (Å²) >= 11 is 0. The van der Waals surface area contributed by atoms with Crippen LogP contribution in [0.25, 0.3) is 0 Å². The number of alkyl halides is 1. The summed E-state index contributed by atoms with van der Waals surface area (Å²) in [6.45, 7) is -0.252. The highest BCUT2D eigenvalue weighted by Gasteiger charge is 2.37. The fraction of sp³-hybridized carbons (Fsp3) is 1.00. The van der Waals surface area contributed by atoms with Crippen LogP contribution in [0.2, 0.25) is 0 Å². The van der Waals surface area contributed by atoms with Crippen LogP contribution in [-0.4, -0.2) is 52.9 Å². The van der Waals surface area contributed by atoms with E-state index in [4.69, 9.17) is 15.3 Å². The molecule has 1 aliphatic heterocycles. The van der Waals surface area contributed by atoms with Gasteiger partial charge in [0.15, 0.2) is 6.17 Å². The third-order valence-electron chi connectivity index (χ3n) is 1.89. The maximum absolute atomic E-state index is 12.8. The molecule has 4 atom stereocenters. The molecule has 1 aliphatic rings. The van der Waals surface area contributed by atoms with E-state index in [0.717, 1.165) is 0 Å². The van der Waals surface area contributed by atoms with Crippen LogP contribution in [0.5, 0.6) is 0 Å². The molecule has 1 saturated heterocycles. The van der Waals surface area contributed by atoms with Crippen molar-refractivity contribution in [2.75, 3.05) is 13.2 Å². The molecule has 4 N–H and O–H groups in total. The van der Waals surface area contributed by atoms with E-state index in [1.165, 1.54) is 0 Å². The lowest BCUT2D eigenvalue weighted by Gasteiger charge is -2.33. The van der Waals surface area contributed by atoms with Crippen molar-refractivity contribution in [3.05, 3.63) is 0 Å². The van der Waals surface area contributed by atoms with Gasteiger partial charge in [-0.05, 0) is 0 Å². The Balaban J connectivity index is 2.52. The summed E-state index contributed by atoms with van der Waals surface area (Å²) in [7, 11) is 0. The zero-order valence-electron chi connectivity index (χ0n) is 5.94. The predicted molar refractivity (Wildman–Crippen MR) is 35.8 cm³/mol. The average Bonchev–Trinajstić information content (AvgIpc) is 2.01. The first kappa shape index (κ1) is 8.86. The first-order valence-corrected chi connectivity index (χ1v) is 3.51. The Hall–Kier alpha value is -0.230. The fourth-order valence-corrected chi connectivity index (χ4v) is 1.13. The molecule has 1 fully saturated rings. The Bertz CT molecular complexity index is 133. The Labute approximate surface area is 63.7 Å². The van der Waals surface area contributed by atoms with Crippen LogP contribution in [0.4, 0.5) is 4.39 Å². The largest absolute Gasteiger partial charge is 0.395 e. The normalized spacial score (nSPS) is 45.8. The van der Waals surface area contributed by atoms with E-state index in [-0.39, 0.29) is 13.2 Å². The monoisotopic (exact) mass is 165 g/mol. The van der Waals surface area contributed by atoms with Gasteiger partial charge in [-0.15, -0.1) is 0 Å². The SMILES string of the molecule is OC[C@H]1NC[C@@H](O)[C@@H](F)[C@@H]1O. The average molecular weight is 165 g/mol. The molecule has 0 saturated carbocycles. The lowest BCUT2D eigenvalue weighted by atomic mass is 9.98. The number of rotatable bonds is 1. The van der Waals surface area contributed by atoms with Crippen LogP contribution in [0.1, 0.15) is 0 Å². The Morgan fingerprint density at radius 2 is 2.09 bits per heavy atom. The Morgan fingerprint density at radius 3 is 2.64 bits per heavy atom. The van der Waals surface area contributed by atoms with E-state index in [9.17, 15) is 4.39 Å². The summed E-state index contributed by atoms with van der Waals surface area (Å²) in [4.78, 5) is 0. The Kier molecular flexibility index (Phi) is 2.78. The van der Waals surface area contributed by atoms with Gasteiger partial charge < -0.3 is 20.6 Å². The molecule has 5 heteroatoms. The molecule has 0 radical (unpaired) electrons. The minimum absolute atomic E-state index is 0.0729. The number of hydrogen-bond donors (Lipinski definition) is 4. The molecule has 66 valence electrons. The summed E-state index contributed by atoms with van der Waals surface area (Å²) in [5, 5.41) is 29.1. The number of β-amino-alcohol motifs (C(OH)–C–C–N with tert-alkyl or cyclic N) is 1. The van der Waals surface area contributed by atoms with Gasteiger partial charge in [-0.25, -0.2) is 4.39 Å². The third-order valence-corrected chi connectivity index (χ3v) is 1.89. The van der Waals surface area contributed by atoms with Gasteiger partial charge in [0.1, 0.15) is 12.2 Å². The van der Waals surface area contributed by atoms with E-state index >= 15 is 0 Å². The molecule has 0 aromatic heterocycles. The number of aliphatic hydroxyl groups excluding tert-OH is 3. The second kappa shape index (κ2) is 3.44. The van der Waals surface area contributed by atoms with Crippen molar-refractivity contribution >= 4 is 0 Å². The molecule has 0 bridgehead atoms. The van der Waals surface area contributed by atoms with Crippen molar-refractivity contribution in [3.8, 4) is 0 Å². The van der Waals surface area contributed by atoms with Crippen LogP contribution < -0.4 is 5.32 Å². The number of halogens is 1. The highest BCUT2D eigenvalue weighted by molar-refractivity contribution is 4.91. The van der Waals surface area contributed by atoms with Crippen LogP contribution in [0.15, 0.2) is 0 Å². The van der Waals surface area contributed by atoms with Crippen LogP contribution >= 0.6 is 0 Å². The fourth-order valence-electron chi connectivity index (χ4n) is 1.13. The van der Waals surface area contributed by atoms with Gasteiger partial charge >= 0.3 is 0 Å². The molecular weight excluding hydrogens is 153 g/mol. The van der Waals surface area contributed by atoms with E-state index in [1.54, 1.807) is 0 Å². The van der Waals surface area contributed by atoms with E-state index < -0.39 is 24.4 Å². The van der Waals surface area contributed by atoms with Gasteiger partial charge in [0.2, 0.25) is 0 Å². The third kappa shape index (κ3) is 1.67. The smallest absolute Gasteiger partial charge is 0.154 e. The maximum Gasteiger partial charge on any atom is 0.154 e. The molecular formula is C6H12FNO3. The lowest BCUT2D eigenvalue weighted by Crippen LogP contribution is -2.59. The second-order valence-electron chi connectivity index (χ2n) is 2.70. The topological polar surface area (TPSA) is 72.7 Å². The number of hydrogen-bond acceptors (Lipinski definition) is 4. The van der Waals surface area contributed by atoms with Crippen LogP contribution in [-0.2, 0) is 0 Å². The summed E-state index contributed by atoms with van der Waals surface area (Å²) < 4.78 is 12.8. The molecule has 0 aliphatic carbocycles. The van der Waals surface area contributed by atoms with Gasteiger partial charge in [-0.3, -0.25) is 0 Å². The summed E-state index contributed by atoms with van der Waals surface area (Å²) in [6.07, 6.45) is -4.15. The van der Waals surface area contributed by atoms with Crippen LogP contribution in [0.3, 0.4) is 0 Å². The van der Waals surface area contributed by atoms with Gasteiger partial charge in [0, 0.05) is 6.54 Å². The van der Waals surface area contributed by atoms with Crippen molar-refractivity contribution in [1.82, 2.24) is 5.32 Å². The first-order valence-electron chi connectivity index (χ1n) is 3.51. The van der Waals surface area contributed by atoms with Gasteiger partial charge in [0.25, 0.3) is 0 Å². The van der Waals surface area contributed by atoms with Crippen molar-refractivity contribution < 1.29 is 19.7 Å². The quantitative estimate of drug-likeness (QED) is 0.363. The zero-order valence-corrected chi connectivity index (χ0v) is 5.94. The minimum Gasteiger partial charge on any atom is -0.395 e. The number of piperidine rings is 1. The summed E-state index contributed by atoms with van der Waals surface area (Å²) in [6, 6.07) is -0.659. The number of aliphatic hydroxyl groups is 3. The van der Waals surface area contributed by atoms with Gasteiger partial charge in [-0.1, -0.05) is 0 Å². The molecule has 0 amide bonds. The first-order chi connectivity index (χ1) is 5.16. The predicted octanol–water partition coefficient (Wildman–Crippen LogP) is -1.99. The summed E-state index contributed by atoms with van der Waals surface area (Å²) in [5.74, 6) is 0. The Morgan fingerprint density at radius 1 is 1.45 bits per heavy atom. The molecule has 0 unspecified atom stereocenters. The standard InChI is InChI=1S/C6H12FNO3/c7-5-4(10)1-8-3(2-9)6(5)11/h3-6,8-11H,1-2H2/t3-,4-,5-,6-/m1/s1. The minimum atomic E-state index is -1.66. The maximum atomic E-state index is 12.8. The van der Waals surface area contributed by atoms with Crippen molar-refractivity contribution in [3.63, 3.8) is 0 Å². The molecule has 1 heterocycles. The van der Waals surface area contributed by atoms with Gasteiger partial charge in [0.05, 0.1) is 12.6 Å². The van der Waals surface area contributed by atoms with E-state index in [0.29, 0.717) is 0 Å². The highest BCUT2D eigenvalue weighted by atomic mass is 19.1. The molecule has 1 rings (SSSR count). The van der Waals surface area contributed by atoms with Crippen molar-refractivity contribution in [2.45, 2.75) is 24.4 Å². The number of nitrogens with one attached hydrogen (secondary N) is 1. The van der Waals surface area contributed by atoms with E-state index in [2.05, 4.69) is 5.32 Å².